The predicted molar refractivity (Wildman–Crippen MR) is 87.1 cm³/mol. The maximum absolute atomic E-state index is 12.3. The number of hydrogen-bond donors (Lipinski definition) is 3. The van der Waals surface area contributed by atoms with Gasteiger partial charge in [-0.25, -0.2) is 8.42 Å². The molecule has 126 valence electrons. The minimum Gasteiger partial charge on any atom is -0.497 e. The van der Waals surface area contributed by atoms with E-state index >= 15 is 0 Å². The molecule has 1 unspecified atom stereocenters. The standard InChI is InChI=1S/C13H17N3O5S2/c1-21-9-2-4-10(5-3-9)23(19,20)16-11(8-17)12(18)15-13-14-6-7-22-13/h2-5,11,16-17H,6-8H2,1H3,(H,14,15,18). The summed E-state index contributed by atoms with van der Waals surface area (Å²) in [5.74, 6) is 0.617. The largest absolute Gasteiger partial charge is 0.497 e. The van der Waals surface area contributed by atoms with Gasteiger partial charge in [-0.15, -0.1) is 0 Å². The lowest BCUT2D eigenvalue weighted by molar-refractivity contribution is -0.122. The molecule has 0 spiro atoms. The minimum absolute atomic E-state index is 0.0304. The van der Waals surface area contributed by atoms with Crippen molar-refractivity contribution in [2.24, 2.45) is 4.99 Å². The van der Waals surface area contributed by atoms with Crippen LogP contribution < -0.4 is 14.8 Å². The maximum Gasteiger partial charge on any atom is 0.246 e. The molecule has 1 atom stereocenters. The van der Waals surface area contributed by atoms with Gasteiger partial charge in [-0.05, 0) is 24.3 Å². The summed E-state index contributed by atoms with van der Waals surface area (Å²) in [6.07, 6.45) is 0. The number of aliphatic hydroxyl groups is 1. The van der Waals surface area contributed by atoms with E-state index in [1.165, 1.54) is 43.1 Å². The summed E-state index contributed by atoms with van der Waals surface area (Å²) in [7, 11) is -2.48. The Kier molecular flexibility index (Phi) is 5.99. The van der Waals surface area contributed by atoms with E-state index in [1.807, 2.05) is 0 Å². The van der Waals surface area contributed by atoms with Gasteiger partial charge < -0.3 is 15.2 Å². The van der Waals surface area contributed by atoms with Crippen LogP contribution in [-0.4, -0.2) is 56.7 Å². The number of aliphatic imine (C=N–C) groups is 1. The van der Waals surface area contributed by atoms with E-state index in [1.54, 1.807) is 0 Å². The number of aliphatic hydroxyl groups excluding tert-OH is 1. The van der Waals surface area contributed by atoms with Crippen molar-refractivity contribution in [3.8, 4) is 5.75 Å². The average Bonchev–Trinajstić information content (AvgIpc) is 3.05. The van der Waals surface area contributed by atoms with Crippen LogP contribution in [0, 0.1) is 0 Å². The molecule has 23 heavy (non-hydrogen) atoms. The lowest BCUT2D eigenvalue weighted by Crippen LogP contribution is -2.49. The zero-order valence-corrected chi connectivity index (χ0v) is 14.0. The Labute approximate surface area is 138 Å². The van der Waals surface area contributed by atoms with E-state index in [0.29, 0.717) is 17.5 Å². The van der Waals surface area contributed by atoms with Crippen LogP contribution >= 0.6 is 11.8 Å². The highest BCUT2D eigenvalue weighted by Crippen LogP contribution is 2.16. The summed E-state index contributed by atoms with van der Waals surface area (Å²) < 4.78 is 31.7. The first-order valence-corrected chi connectivity index (χ1v) is 9.18. The van der Waals surface area contributed by atoms with E-state index in [0.717, 1.165) is 5.75 Å². The number of amides is 1. The van der Waals surface area contributed by atoms with E-state index < -0.39 is 28.6 Å². The molecule has 8 nitrogen and oxygen atoms in total. The van der Waals surface area contributed by atoms with Crippen LogP contribution in [0.4, 0.5) is 0 Å². The molecular formula is C13H17N3O5S2. The van der Waals surface area contributed by atoms with Crippen LogP contribution in [0.15, 0.2) is 34.2 Å². The van der Waals surface area contributed by atoms with Crippen molar-refractivity contribution in [2.45, 2.75) is 10.9 Å². The lowest BCUT2D eigenvalue weighted by atomic mass is 10.3. The molecule has 1 aromatic carbocycles. The zero-order valence-electron chi connectivity index (χ0n) is 12.4. The summed E-state index contributed by atoms with van der Waals surface area (Å²) in [4.78, 5) is 16.0. The molecule has 1 aromatic rings. The summed E-state index contributed by atoms with van der Waals surface area (Å²) >= 11 is 1.36. The van der Waals surface area contributed by atoms with Crippen molar-refractivity contribution in [1.29, 1.82) is 0 Å². The molecule has 0 fully saturated rings. The fourth-order valence-electron chi connectivity index (χ4n) is 1.79. The fourth-order valence-corrected chi connectivity index (χ4v) is 3.71. The number of carbonyl (C=O) groups excluding carboxylic acids is 1. The maximum atomic E-state index is 12.3. The van der Waals surface area contributed by atoms with Crippen LogP contribution in [0.3, 0.4) is 0 Å². The van der Waals surface area contributed by atoms with Gasteiger partial charge in [-0.2, -0.15) is 4.72 Å². The van der Waals surface area contributed by atoms with Gasteiger partial charge in [0.15, 0.2) is 5.17 Å². The number of thioether (sulfide) groups is 1. The highest BCUT2D eigenvalue weighted by molar-refractivity contribution is 8.14. The normalized spacial score (nSPS) is 15.8. The minimum atomic E-state index is -3.95. The molecular weight excluding hydrogens is 342 g/mol. The number of hydrogen-bond acceptors (Lipinski definition) is 7. The van der Waals surface area contributed by atoms with Crippen LogP contribution in [0.1, 0.15) is 0 Å². The third-order valence-electron chi connectivity index (χ3n) is 2.98. The van der Waals surface area contributed by atoms with Gasteiger partial charge in [0.2, 0.25) is 15.9 Å². The highest BCUT2D eigenvalue weighted by Gasteiger charge is 2.26. The SMILES string of the molecule is COc1ccc(S(=O)(=O)NC(CO)C(=O)NC2=NCCS2)cc1. The van der Waals surface area contributed by atoms with Gasteiger partial charge in [-0.3, -0.25) is 9.79 Å². The number of rotatable bonds is 6. The van der Waals surface area contributed by atoms with Crippen molar-refractivity contribution >= 4 is 32.9 Å². The smallest absolute Gasteiger partial charge is 0.246 e. The predicted octanol–water partition coefficient (Wildman–Crippen LogP) is -0.447. The van der Waals surface area contributed by atoms with Gasteiger partial charge in [0.1, 0.15) is 11.8 Å². The number of nitrogens with zero attached hydrogens (tertiary/aromatic N) is 1. The zero-order chi connectivity index (χ0) is 16.9. The summed E-state index contributed by atoms with van der Waals surface area (Å²) in [5.41, 5.74) is 0. The van der Waals surface area contributed by atoms with Crippen LogP contribution in [0.25, 0.3) is 0 Å². The highest BCUT2D eigenvalue weighted by atomic mass is 32.2. The molecule has 1 aliphatic heterocycles. The third kappa shape index (κ3) is 4.67. The number of benzene rings is 1. The number of sulfonamides is 1. The average molecular weight is 359 g/mol. The number of methoxy groups -OCH3 is 1. The summed E-state index contributed by atoms with van der Waals surface area (Å²) in [5, 5.41) is 12.2. The summed E-state index contributed by atoms with van der Waals surface area (Å²) in [6, 6.07) is 4.39. The topological polar surface area (TPSA) is 117 Å². The molecule has 0 aromatic heterocycles. The quantitative estimate of drug-likeness (QED) is 0.634. The Morgan fingerprint density at radius 1 is 1.43 bits per heavy atom. The molecule has 0 aliphatic carbocycles. The summed E-state index contributed by atoms with van der Waals surface area (Å²) in [6.45, 7) is -0.0686. The first-order chi connectivity index (χ1) is 11.0. The van der Waals surface area contributed by atoms with E-state index in [9.17, 15) is 18.3 Å². The monoisotopic (exact) mass is 359 g/mol. The lowest BCUT2D eigenvalue weighted by Gasteiger charge is -2.16. The Balaban J connectivity index is 2.07. The second kappa shape index (κ2) is 7.77. The molecule has 3 N–H and O–H groups in total. The Morgan fingerprint density at radius 3 is 2.65 bits per heavy atom. The third-order valence-corrected chi connectivity index (χ3v) is 5.36. The van der Waals surface area contributed by atoms with Crippen LogP contribution in [0.5, 0.6) is 5.75 Å². The van der Waals surface area contributed by atoms with E-state index in [-0.39, 0.29) is 4.90 Å². The Hall–Kier alpha value is -1.62. The van der Waals surface area contributed by atoms with E-state index in [4.69, 9.17) is 4.74 Å². The van der Waals surface area contributed by atoms with Gasteiger partial charge in [0.05, 0.1) is 25.2 Å². The van der Waals surface area contributed by atoms with E-state index in [2.05, 4.69) is 15.0 Å². The number of carbonyl (C=O) groups is 1. The first kappa shape index (κ1) is 17.7. The molecule has 0 radical (unpaired) electrons. The molecule has 0 bridgehead atoms. The first-order valence-electron chi connectivity index (χ1n) is 6.71. The second-order valence-electron chi connectivity index (χ2n) is 4.56. The number of nitrogens with one attached hydrogen (secondary N) is 2. The van der Waals surface area contributed by atoms with Gasteiger partial charge in [-0.1, -0.05) is 11.8 Å². The molecule has 0 saturated carbocycles. The van der Waals surface area contributed by atoms with Crippen LogP contribution in [0.2, 0.25) is 0 Å². The van der Waals surface area contributed by atoms with Crippen molar-refractivity contribution in [3.63, 3.8) is 0 Å². The van der Waals surface area contributed by atoms with Crippen molar-refractivity contribution in [2.75, 3.05) is 26.0 Å². The molecule has 1 amide bonds. The molecule has 0 saturated heterocycles. The molecule has 1 aliphatic rings. The van der Waals surface area contributed by atoms with Crippen molar-refractivity contribution in [1.82, 2.24) is 10.0 Å². The van der Waals surface area contributed by atoms with Gasteiger partial charge >= 0.3 is 0 Å². The number of ether oxygens (including phenoxy) is 1. The van der Waals surface area contributed by atoms with Crippen molar-refractivity contribution in [3.05, 3.63) is 24.3 Å². The fraction of sp³-hybridized carbons (Fsp3) is 0.385. The number of amidine groups is 1. The van der Waals surface area contributed by atoms with Gasteiger partial charge in [0.25, 0.3) is 0 Å². The van der Waals surface area contributed by atoms with Crippen molar-refractivity contribution < 1.29 is 23.1 Å². The Morgan fingerprint density at radius 2 is 2.13 bits per heavy atom. The Bertz CT molecular complexity index is 688. The molecule has 2 rings (SSSR count). The van der Waals surface area contributed by atoms with Crippen LogP contribution in [-0.2, 0) is 14.8 Å². The molecule has 1 heterocycles. The van der Waals surface area contributed by atoms with Gasteiger partial charge in [0, 0.05) is 5.75 Å². The second-order valence-corrected chi connectivity index (χ2v) is 7.35. The molecule has 10 heteroatoms.